The van der Waals surface area contributed by atoms with Gasteiger partial charge in [0, 0.05) is 4.88 Å². The molecule has 1 amide bonds. The smallest absolute Gasteiger partial charge is 0.269 e. The Morgan fingerprint density at radius 1 is 1.47 bits per heavy atom. The number of hydrogen-bond acceptors (Lipinski definition) is 4. The maximum absolute atomic E-state index is 11.7. The Hall–Kier alpha value is -0.620. The van der Waals surface area contributed by atoms with E-state index >= 15 is 0 Å². The summed E-state index contributed by atoms with van der Waals surface area (Å²) in [6.07, 6.45) is -1.17. The van der Waals surface area contributed by atoms with Crippen molar-refractivity contribution < 1.29 is 9.90 Å². The molecule has 2 rings (SSSR count). The molecule has 1 aromatic rings. The van der Waals surface area contributed by atoms with E-state index in [9.17, 15) is 9.90 Å². The monoisotopic (exact) mass is 292 g/mol. The molecule has 0 bridgehead atoms. The third-order valence-corrected chi connectivity index (χ3v) is 4.46. The van der Waals surface area contributed by atoms with E-state index in [2.05, 4.69) is 4.98 Å². The summed E-state index contributed by atoms with van der Waals surface area (Å²) in [4.78, 5) is 18.3. The molecule has 0 aromatic carbocycles. The molecule has 0 radical (unpaired) electrons. The highest BCUT2D eigenvalue weighted by atomic mass is 35.5. The molecule has 0 saturated heterocycles. The Labute approximate surface area is 112 Å². The van der Waals surface area contributed by atoms with Gasteiger partial charge in [-0.1, -0.05) is 23.2 Å². The lowest BCUT2D eigenvalue weighted by Gasteiger charge is -2.19. The highest BCUT2D eigenvalue weighted by molar-refractivity contribution is 7.11. The Morgan fingerprint density at radius 2 is 2.12 bits per heavy atom. The van der Waals surface area contributed by atoms with Gasteiger partial charge in [-0.25, -0.2) is 4.98 Å². The molecule has 1 unspecified atom stereocenters. The molecule has 92 valence electrons. The van der Waals surface area contributed by atoms with Crippen molar-refractivity contribution in [2.24, 2.45) is 0 Å². The predicted molar refractivity (Wildman–Crippen MR) is 66.9 cm³/mol. The van der Waals surface area contributed by atoms with E-state index in [0.29, 0.717) is 0 Å². The first-order valence-electron chi connectivity index (χ1n) is 4.89. The maximum Gasteiger partial charge on any atom is 0.269 e. The van der Waals surface area contributed by atoms with Crippen LogP contribution >= 0.6 is 34.5 Å². The van der Waals surface area contributed by atoms with E-state index in [1.165, 1.54) is 16.2 Å². The molecule has 0 spiro atoms. The average Bonchev–Trinajstić information content (AvgIpc) is 2.68. The van der Waals surface area contributed by atoms with Crippen molar-refractivity contribution in [3.63, 3.8) is 0 Å². The first kappa shape index (κ1) is 12.8. The van der Waals surface area contributed by atoms with Crippen LogP contribution in [0.25, 0.3) is 0 Å². The Balaban J connectivity index is 2.19. The number of aromatic nitrogens is 1. The van der Waals surface area contributed by atoms with Gasteiger partial charge in [0.05, 0.1) is 17.3 Å². The van der Waals surface area contributed by atoms with Crippen LogP contribution in [0.1, 0.15) is 15.6 Å². The van der Waals surface area contributed by atoms with Crippen molar-refractivity contribution in [3.8, 4) is 0 Å². The minimum Gasteiger partial charge on any atom is -0.368 e. The number of nitrogens with zero attached hydrogens (tertiary/aromatic N) is 2. The SMILES string of the molecule is Cc1nc(CN2C(=O)C(Cl)=C(Cl)C2O)sc1C. The molecule has 17 heavy (non-hydrogen) atoms. The van der Waals surface area contributed by atoms with Crippen molar-refractivity contribution >= 4 is 40.4 Å². The van der Waals surface area contributed by atoms with E-state index in [1.807, 2.05) is 13.8 Å². The molecule has 0 fully saturated rings. The number of carbonyl (C=O) groups is 1. The van der Waals surface area contributed by atoms with Crippen LogP contribution in [0.15, 0.2) is 10.1 Å². The third kappa shape index (κ3) is 2.20. The van der Waals surface area contributed by atoms with E-state index in [-0.39, 0.29) is 16.6 Å². The molecule has 1 aliphatic heterocycles. The van der Waals surface area contributed by atoms with Gasteiger partial charge in [0.15, 0.2) is 6.23 Å². The van der Waals surface area contributed by atoms with Crippen molar-refractivity contribution in [2.45, 2.75) is 26.6 Å². The van der Waals surface area contributed by atoms with Gasteiger partial charge >= 0.3 is 0 Å². The summed E-state index contributed by atoms with van der Waals surface area (Å²) in [5, 5.41) is 10.3. The fourth-order valence-electron chi connectivity index (χ4n) is 1.50. The number of aryl methyl sites for hydroxylation is 2. The van der Waals surface area contributed by atoms with Gasteiger partial charge in [-0.3, -0.25) is 4.79 Å². The van der Waals surface area contributed by atoms with Crippen LogP contribution in [0.3, 0.4) is 0 Å². The van der Waals surface area contributed by atoms with Crippen LogP contribution in [0.2, 0.25) is 0 Å². The quantitative estimate of drug-likeness (QED) is 0.908. The average molecular weight is 293 g/mol. The Morgan fingerprint density at radius 3 is 2.53 bits per heavy atom. The van der Waals surface area contributed by atoms with Crippen molar-refractivity contribution in [1.29, 1.82) is 0 Å². The van der Waals surface area contributed by atoms with Crippen LogP contribution < -0.4 is 0 Å². The first-order chi connectivity index (χ1) is 7.91. The summed E-state index contributed by atoms with van der Waals surface area (Å²) in [7, 11) is 0. The number of amides is 1. The number of aliphatic hydroxyl groups excluding tert-OH is 1. The molecule has 1 atom stereocenters. The van der Waals surface area contributed by atoms with E-state index in [0.717, 1.165) is 15.6 Å². The predicted octanol–water partition coefficient (Wildman–Crippen LogP) is 2.11. The number of hydrogen-bond donors (Lipinski definition) is 1. The molecule has 1 aromatic heterocycles. The molecule has 4 nitrogen and oxygen atoms in total. The highest BCUT2D eigenvalue weighted by Gasteiger charge is 2.37. The second-order valence-electron chi connectivity index (χ2n) is 3.72. The number of aliphatic hydroxyl groups is 1. The van der Waals surface area contributed by atoms with Gasteiger partial charge in [-0.2, -0.15) is 0 Å². The van der Waals surface area contributed by atoms with Crippen molar-refractivity contribution in [2.75, 3.05) is 0 Å². The molecule has 7 heteroatoms. The van der Waals surface area contributed by atoms with Crippen molar-refractivity contribution in [1.82, 2.24) is 9.88 Å². The largest absolute Gasteiger partial charge is 0.368 e. The van der Waals surface area contributed by atoms with Gasteiger partial charge < -0.3 is 10.0 Å². The normalized spacial score (nSPS) is 20.6. The van der Waals surface area contributed by atoms with Crippen LogP contribution in [0.4, 0.5) is 0 Å². The first-order valence-corrected chi connectivity index (χ1v) is 6.46. The lowest BCUT2D eigenvalue weighted by Crippen LogP contribution is -2.34. The minimum absolute atomic E-state index is 0.0262. The van der Waals surface area contributed by atoms with Gasteiger partial charge in [-0.15, -0.1) is 11.3 Å². The number of rotatable bonds is 2. The third-order valence-electron chi connectivity index (χ3n) is 2.56. The highest BCUT2D eigenvalue weighted by Crippen LogP contribution is 2.31. The summed E-state index contributed by atoms with van der Waals surface area (Å²) in [6.45, 7) is 4.07. The van der Waals surface area contributed by atoms with Gasteiger partial charge in [-0.05, 0) is 13.8 Å². The zero-order chi connectivity index (χ0) is 12.7. The number of carbonyl (C=O) groups excluding carboxylic acids is 1. The summed E-state index contributed by atoms with van der Waals surface area (Å²) in [6, 6.07) is 0. The lowest BCUT2D eigenvalue weighted by atomic mass is 10.4. The van der Waals surface area contributed by atoms with Crippen LogP contribution in [-0.4, -0.2) is 27.1 Å². The molecule has 0 aliphatic carbocycles. The minimum atomic E-state index is -1.17. The van der Waals surface area contributed by atoms with E-state index < -0.39 is 12.1 Å². The van der Waals surface area contributed by atoms with E-state index in [4.69, 9.17) is 23.2 Å². The van der Waals surface area contributed by atoms with Gasteiger partial charge in [0.1, 0.15) is 10.0 Å². The van der Waals surface area contributed by atoms with Crippen LogP contribution in [-0.2, 0) is 11.3 Å². The molecule has 2 heterocycles. The zero-order valence-corrected chi connectivity index (χ0v) is 11.5. The summed E-state index contributed by atoms with van der Waals surface area (Å²) >= 11 is 12.9. The molecular weight excluding hydrogens is 283 g/mol. The molecule has 0 saturated carbocycles. The van der Waals surface area contributed by atoms with Crippen LogP contribution in [0, 0.1) is 13.8 Å². The van der Waals surface area contributed by atoms with Gasteiger partial charge in [0.2, 0.25) is 0 Å². The molecule has 1 aliphatic rings. The summed E-state index contributed by atoms with van der Waals surface area (Å²) < 4.78 is 0. The zero-order valence-electron chi connectivity index (χ0n) is 9.20. The topological polar surface area (TPSA) is 53.4 Å². The summed E-state index contributed by atoms with van der Waals surface area (Å²) in [5.74, 6) is -0.463. The Kier molecular flexibility index (Phi) is 3.45. The van der Waals surface area contributed by atoms with E-state index in [1.54, 1.807) is 0 Å². The standard InChI is InChI=1S/C10H10Cl2N2O2S/c1-4-5(2)17-6(13-4)3-14-9(15)7(11)8(12)10(14)16/h9,15H,3H2,1-2H3. The number of halogens is 2. The number of thiazole rings is 1. The second-order valence-corrected chi connectivity index (χ2v) is 5.79. The maximum atomic E-state index is 11.7. The molecule has 1 N–H and O–H groups in total. The van der Waals surface area contributed by atoms with Crippen molar-refractivity contribution in [3.05, 3.63) is 25.6 Å². The Bertz CT molecular complexity index is 493. The lowest BCUT2D eigenvalue weighted by molar-refractivity contribution is -0.132. The fraction of sp³-hybridized carbons (Fsp3) is 0.400. The second kappa shape index (κ2) is 4.57. The van der Waals surface area contributed by atoms with Gasteiger partial charge in [0.25, 0.3) is 5.91 Å². The van der Waals surface area contributed by atoms with Crippen LogP contribution in [0.5, 0.6) is 0 Å². The summed E-state index contributed by atoms with van der Waals surface area (Å²) in [5.41, 5.74) is 0.927. The fourth-order valence-corrected chi connectivity index (χ4v) is 2.84. The molecular formula is C10H10Cl2N2O2S.